The molecule has 0 aliphatic heterocycles. The summed E-state index contributed by atoms with van der Waals surface area (Å²) < 4.78 is 5.92. The highest BCUT2D eigenvalue weighted by molar-refractivity contribution is 6.06. The summed E-state index contributed by atoms with van der Waals surface area (Å²) in [7, 11) is 0. The third-order valence-electron chi connectivity index (χ3n) is 4.58. The van der Waals surface area contributed by atoms with Crippen molar-refractivity contribution < 1.29 is 4.42 Å². The SMILES string of the molecule is C=C/C(=C\C=C/C)c1ccccc1Nc1ccc2oc3ccccc3c2c1. The maximum absolute atomic E-state index is 5.92. The molecule has 0 aliphatic rings. The zero-order chi connectivity index (χ0) is 18.6. The first-order valence-electron chi connectivity index (χ1n) is 9.03. The van der Waals surface area contributed by atoms with Gasteiger partial charge in [0.1, 0.15) is 11.2 Å². The fourth-order valence-electron chi connectivity index (χ4n) is 3.27. The Labute approximate surface area is 159 Å². The van der Waals surface area contributed by atoms with Gasteiger partial charge in [-0.05, 0) is 42.8 Å². The van der Waals surface area contributed by atoms with Gasteiger partial charge in [-0.1, -0.05) is 67.3 Å². The van der Waals surface area contributed by atoms with Crippen LogP contribution >= 0.6 is 0 Å². The third kappa shape index (κ3) is 3.30. The molecule has 0 saturated heterocycles. The summed E-state index contributed by atoms with van der Waals surface area (Å²) in [5.74, 6) is 0. The molecule has 0 unspecified atom stereocenters. The van der Waals surface area contributed by atoms with Crippen LogP contribution in [0.15, 0.2) is 102 Å². The summed E-state index contributed by atoms with van der Waals surface area (Å²) >= 11 is 0. The minimum atomic E-state index is 0.898. The maximum atomic E-state index is 5.92. The first kappa shape index (κ1) is 16.9. The Kier molecular flexibility index (Phi) is 4.63. The molecule has 1 aromatic heterocycles. The zero-order valence-corrected chi connectivity index (χ0v) is 15.3. The van der Waals surface area contributed by atoms with E-state index in [1.165, 1.54) is 0 Å². The van der Waals surface area contributed by atoms with Gasteiger partial charge in [0.2, 0.25) is 0 Å². The first-order valence-corrected chi connectivity index (χ1v) is 9.03. The Morgan fingerprint density at radius 3 is 2.56 bits per heavy atom. The van der Waals surface area contributed by atoms with Crippen molar-refractivity contribution in [3.8, 4) is 0 Å². The third-order valence-corrected chi connectivity index (χ3v) is 4.58. The fourth-order valence-corrected chi connectivity index (χ4v) is 3.27. The van der Waals surface area contributed by atoms with Crippen LogP contribution in [0.4, 0.5) is 11.4 Å². The molecule has 4 rings (SSSR count). The average Bonchev–Trinajstić information content (AvgIpc) is 3.08. The molecule has 0 atom stereocenters. The van der Waals surface area contributed by atoms with Crippen LogP contribution in [0.5, 0.6) is 0 Å². The van der Waals surface area contributed by atoms with Crippen molar-refractivity contribution in [3.63, 3.8) is 0 Å². The lowest BCUT2D eigenvalue weighted by Crippen LogP contribution is -1.95. The van der Waals surface area contributed by atoms with Crippen molar-refractivity contribution in [3.05, 3.63) is 103 Å². The number of para-hydroxylation sites is 2. The van der Waals surface area contributed by atoms with E-state index in [9.17, 15) is 0 Å². The predicted octanol–water partition coefficient (Wildman–Crippen LogP) is 7.48. The average molecular weight is 351 g/mol. The Hall–Kier alpha value is -3.52. The molecule has 0 saturated carbocycles. The van der Waals surface area contributed by atoms with Gasteiger partial charge < -0.3 is 9.73 Å². The molecule has 0 aliphatic carbocycles. The summed E-state index contributed by atoms with van der Waals surface area (Å²) in [5.41, 5.74) is 6.06. The standard InChI is InChI=1S/C25H21NO/c1-3-5-10-18(4-2)20-11-6-8-13-23(20)26-19-15-16-25-22(17-19)21-12-7-9-14-24(21)27-25/h3-17,26H,2H2,1H3/b5-3-,18-10+. The second-order valence-electron chi connectivity index (χ2n) is 6.33. The second-order valence-corrected chi connectivity index (χ2v) is 6.33. The lowest BCUT2D eigenvalue weighted by atomic mass is 10.0. The predicted molar refractivity (Wildman–Crippen MR) is 116 cm³/mol. The van der Waals surface area contributed by atoms with E-state index in [2.05, 4.69) is 42.2 Å². The summed E-state index contributed by atoms with van der Waals surface area (Å²) in [6, 6.07) is 22.6. The summed E-state index contributed by atoms with van der Waals surface area (Å²) in [4.78, 5) is 0. The number of hydrogen-bond acceptors (Lipinski definition) is 2. The molecule has 0 radical (unpaired) electrons. The highest BCUT2D eigenvalue weighted by Gasteiger charge is 2.09. The molecule has 0 amide bonds. The van der Waals surface area contributed by atoms with E-state index in [1.807, 2.05) is 67.6 Å². The van der Waals surface area contributed by atoms with Crippen LogP contribution in [0.1, 0.15) is 12.5 Å². The molecular weight excluding hydrogens is 330 g/mol. The quantitative estimate of drug-likeness (QED) is 0.377. The number of hydrogen-bond donors (Lipinski definition) is 1. The van der Waals surface area contributed by atoms with E-state index in [0.29, 0.717) is 0 Å². The summed E-state index contributed by atoms with van der Waals surface area (Å²) in [6.07, 6.45) is 7.99. The highest BCUT2D eigenvalue weighted by Crippen LogP contribution is 2.33. The molecule has 2 heteroatoms. The van der Waals surface area contributed by atoms with Gasteiger partial charge in [0, 0.05) is 27.7 Å². The maximum Gasteiger partial charge on any atom is 0.135 e. The monoisotopic (exact) mass is 351 g/mol. The zero-order valence-electron chi connectivity index (χ0n) is 15.3. The van der Waals surface area contributed by atoms with Gasteiger partial charge in [-0.15, -0.1) is 0 Å². The molecule has 1 N–H and O–H groups in total. The molecular formula is C25H21NO. The molecule has 27 heavy (non-hydrogen) atoms. The second kappa shape index (κ2) is 7.38. The van der Waals surface area contributed by atoms with Crippen LogP contribution < -0.4 is 5.32 Å². The fraction of sp³-hybridized carbons (Fsp3) is 0.0400. The van der Waals surface area contributed by atoms with Crippen molar-refractivity contribution in [1.29, 1.82) is 0 Å². The Bertz CT molecular complexity index is 1180. The van der Waals surface area contributed by atoms with Crippen molar-refractivity contribution in [2.24, 2.45) is 0 Å². The van der Waals surface area contributed by atoms with Gasteiger partial charge in [0.25, 0.3) is 0 Å². The van der Waals surface area contributed by atoms with E-state index in [1.54, 1.807) is 0 Å². The minimum Gasteiger partial charge on any atom is -0.456 e. The lowest BCUT2D eigenvalue weighted by Gasteiger charge is -2.13. The smallest absolute Gasteiger partial charge is 0.135 e. The topological polar surface area (TPSA) is 25.2 Å². The molecule has 2 nitrogen and oxygen atoms in total. The van der Waals surface area contributed by atoms with Crippen molar-refractivity contribution in [2.45, 2.75) is 6.92 Å². The van der Waals surface area contributed by atoms with Gasteiger partial charge in [-0.25, -0.2) is 0 Å². The molecule has 1 heterocycles. The van der Waals surface area contributed by atoms with Gasteiger partial charge in [0.05, 0.1) is 0 Å². The largest absolute Gasteiger partial charge is 0.456 e. The van der Waals surface area contributed by atoms with Crippen LogP contribution in [0.3, 0.4) is 0 Å². The molecule has 4 aromatic rings. The van der Waals surface area contributed by atoms with Crippen LogP contribution in [0, 0.1) is 0 Å². The van der Waals surface area contributed by atoms with Crippen LogP contribution in [0.25, 0.3) is 27.5 Å². The lowest BCUT2D eigenvalue weighted by molar-refractivity contribution is 0.669. The number of nitrogens with one attached hydrogen (secondary N) is 1. The van der Waals surface area contributed by atoms with Gasteiger partial charge in [0.15, 0.2) is 0 Å². The molecule has 132 valence electrons. The highest BCUT2D eigenvalue weighted by atomic mass is 16.3. The van der Waals surface area contributed by atoms with Crippen molar-refractivity contribution >= 4 is 38.9 Å². The summed E-state index contributed by atoms with van der Waals surface area (Å²) in [5, 5.41) is 5.80. The number of benzene rings is 3. The van der Waals surface area contributed by atoms with E-state index in [-0.39, 0.29) is 0 Å². The Morgan fingerprint density at radius 2 is 1.70 bits per heavy atom. The van der Waals surface area contributed by atoms with Gasteiger partial charge in [-0.3, -0.25) is 0 Å². The molecule has 0 spiro atoms. The number of fused-ring (bicyclic) bond motifs is 3. The van der Waals surface area contributed by atoms with E-state index >= 15 is 0 Å². The van der Waals surface area contributed by atoms with Crippen LogP contribution in [0.2, 0.25) is 0 Å². The molecule has 0 fully saturated rings. The number of allylic oxidation sites excluding steroid dienone is 5. The molecule has 3 aromatic carbocycles. The molecule has 0 bridgehead atoms. The number of rotatable bonds is 5. The van der Waals surface area contributed by atoms with Crippen LogP contribution in [-0.2, 0) is 0 Å². The number of furan rings is 1. The Morgan fingerprint density at radius 1 is 0.926 bits per heavy atom. The Balaban J connectivity index is 1.76. The van der Waals surface area contributed by atoms with E-state index in [4.69, 9.17) is 4.42 Å². The van der Waals surface area contributed by atoms with Gasteiger partial charge in [-0.2, -0.15) is 0 Å². The van der Waals surface area contributed by atoms with E-state index in [0.717, 1.165) is 44.4 Å². The first-order chi connectivity index (χ1) is 13.3. The van der Waals surface area contributed by atoms with Gasteiger partial charge >= 0.3 is 0 Å². The van der Waals surface area contributed by atoms with E-state index < -0.39 is 0 Å². The van der Waals surface area contributed by atoms with Crippen LogP contribution in [-0.4, -0.2) is 0 Å². The van der Waals surface area contributed by atoms with Crippen molar-refractivity contribution in [2.75, 3.05) is 5.32 Å². The number of anilines is 2. The summed E-state index contributed by atoms with van der Waals surface area (Å²) in [6.45, 7) is 5.97. The normalized spacial score (nSPS) is 12.1. The minimum absolute atomic E-state index is 0.898. The van der Waals surface area contributed by atoms with Crippen molar-refractivity contribution in [1.82, 2.24) is 0 Å².